The summed E-state index contributed by atoms with van der Waals surface area (Å²) >= 11 is 0. The van der Waals surface area contributed by atoms with Crippen molar-refractivity contribution in [1.29, 1.82) is 5.26 Å². The first-order valence-electron chi connectivity index (χ1n) is 12.6. The highest BCUT2D eigenvalue weighted by Crippen LogP contribution is 2.29. The number of aryl methyl sites for hydroxylation is 1. The Bertz CT molecular complexity index is 1310. The number of urea groups is 1. The maximum Gasteiger partial charge on any atom is 0.328 e. The van der Waals surface area contributed by atoms with E-state index in [0.29, 0.717) is 63.4 Å². The summed E-state index contributed by atoms with van der Waals surface area (Å²) in [5, 5.41) is 12.2. The molecular formula is C26H28N6O7. The minimum Gasteiger partial charge on any atom is -0.484 e. The number of amides is 3. The van der Waals surface area contributed by atoms with Crippen LogP contribution in [0.1, 0.15) is 33.6 Å². The van der Waals surface area contributed by atoms with Crippen LogP contribution in [0.4, 0.5) is 16.4 Å². The number of fused-ring (bicyclic) bond motifs is 1. The third-order valence-corrected chi connectivity index (χ3v) is 6.86. The van der Waals surface area contributed by atoms with E-state index in [1.54, 1.807) is 12.0 Å². The zero-order valence-corrected chi connectivity index (χ0v) is 21.4. The monoisotopic (exact) mass is 536 g/mol. The van der Waals surface area contributed by atoms with E-state index in [0.717, 1.165) is 5.56 Å². The number of morpholine rings is 1. The number of anilines is 2. The number of hydrogen-bond donors (Lipinski definition) is 1. The summed E-state index contributed by atoms with van der Waals surface area (Å²) in [4.78, 5) is 49.2. The number of aldehydes is 1. The van der Waals surface area contributed by atoms with Crippen LogP contribution < -0.4 is 15.0 Å². The van der Waals surface area contributed by atoms with Gasteiger partial charge in [0.1, 0.15) is 47.4 Å². The zero-order valence-electron chi connectivity index (χ0n) is 21.4. The van der Waals surface area contributed by atoms with Crippen molar-refractivity contribution in [3.63, 3.8) is 0 Å². The molecule has 39 heavy (non-hydrogen) atoms. The van der Waals surface area contributed by atoms with E-state index >= 15 is 0 Å². The normalized spacial score (nSPS) is 20.8. The van der Waals surface area contributed by atoms with Crippen molar-refractivity contribution >= 4 is 29.9 Å². The minimum absolute atomic E-state index is 0.0142. The van der Waals surface area contributed by atoms with Crippen molar-refractivity contribution < 1.29 is 33.3 Å². The molecule has 5 rings (SSSR count). The third kappa shape index (κ3) is 5.68. The molecule has 0 aromatic carbocycles. The van der Waals surface area contributed by atoms with Gasteiger partial charge in [0.15, 0.2) is 12.4 Å². The molecular weight excluding hydrogens is 508 g/mol. The Labute approximate surface area is 224 Å². The molecule has 0 spiro atoms. The molecule has 0 radical (unpaired) electrons. The van der Waals surface area contributed by atoms with Gasteiger partial charge in [0.05, 0.1) is 26.0 Å². The third-order valence-electron chi connectivity index (χ3n) is 6.86. The van der Waals surface area contributed by atoms with E-state index in [2.05, 4.69) is 15.3 Å². The lowest BCUT2D eigenvalue weighted by molar-refractivity contribution is -0.143. The number of carbonyl (C=O) groups excluding carboxylic acids is 3. The lowest BCUT2D eigenvalue weighted by Gasteiger charge is -2.30. The standard InChI is InChI=1S/C26H28N6O7/c1-36-21-13-38-14-22(21)39-20-8-23(28-10-18(20)9-27)30-26(35)32-4-2-3-16-7-17(19(12-33)29-25(16)32)11-31-5-6-37-15-24(31)34/h7-8,10,12,21-22H,2-6,11,13-15H2,1H3,(H,28,30,35)/t21?,22-/m0/s1. The lowest BCUT2D eigenvalue weighted by Crippen LogP contribution is -2.42. The molecule has 204 valence electrons. The molecule has 2 atom stereocenters. The van der Waals surface area contributed by atoms with Crippen molar-refractivity contribution in [1.82, 2.24) is 14.9 Å². The number of aromatic nitrogens is 2. The van der Waals surface area contributed by atoms with Crippen LogP contribution in [-0.2, 0) is 32.0 Å². The highest BCUT2D eigenvalue weighted by atomic mass is 16.6. The van der Waals surface area contributed by atoms with Crippen molar-refractivity contribution in [2.45, 2.75) is 31.6 Å². The first kappa shape index (κ1) is 26.5. The molecule has 1 N–H and O–H groups in total. The van der Waals surface area contributed by atoms with Crippen LogP contribution in [0.5, 0.6) is 5.75 Å². The Hall–Kier alpha value is -4.12. The lowest BCUT2D eigenvalue weighted by atomic mass is 10.0. The van der Waals surface area contributed by atoms with Gasteiger partial charge >= 0.3 is 6.03 Å². The van der Waals surface area contributed by atoms with Gasteiger partial charge in [-0.1, -0.05) is 0 Å². The average Bonchev–Trinajstić information content (AvgIpc) is 3.40. The van der Waals surface area contributed by atoms with Gasteiger partial charge in [0.2, 0.25) is 5.91 Å². The number of rotatable bonds is 7. The number of methoxy groups -OCH3 is 1. The van der Waals surface area contributed by atoms with E-state index < -0.39 is 12.1 Å². The topological polar surface area (TPSA) is 156 Å². The first-order chi connectivity index (χ1) is 19.0. The van der Waals surface area contributed by atoms with Gasteiger partial charge in [-0.2, -0.15) is 5.26 Å². The molecule has 13 nitrogen and oxygen atoms in total. The number of hydrogen-bond acceptors (Lipinski definition) is 10. The Morgan fingerprint density at radius 3 is 2.90 bits per heavy atom. The van der Waals surface area contributed by atoms with E-state index in [9.17, 15) is 19.6 Å². The minimum atomic E-state index is -0.487. The summed E-state index contributed by atoms with van der Waals surface area (Å²) in [6, 6.07) is 4.88. The maximum atomic E-state index is 13.3. The second-order valence-corrected chi connectivity index (χ2v) is 9.33. The van der Waals surface area contributed by atoms with Gasteiger partial charge in [0.25, 0.3) is 0 Å². The maximum absolute atomic E-state index is 13.3. The van der Waals surface area contributed by atoms with Crippen LogP contribution in [0.2, 0.25) is 0 Å². The smallest absolute Gasteiger partial charge is 0.328 e. The zero-order chi connectivity index (χ0) is 27.4. The SMILES string of the molecule is COC1COC[C@@H]1Oc1cc(NC(=O)N2CCCc3cc(CN4CCOCC4=O)c(C=O)nc32)ncc1C#N. The number of pyridine rings is 2. The van der Waals surface area contributed by atoms with Crippen molar-refractivity contribution in [3.8, 4) is 11.8 Å². The number of nitriles is 1. The molecule has 5 heterocycles. The fourth-order valence-electron chi connectivity index (χ4n) is 4.78. The molecule has 1 unspecified atom stereocenters. The molecule has 3 amide bonds. The van der Waals surface area contributed by atoms with Gasteiger partial charge in [-0.15, -0.1) is 0 Å². The molecule has 13 heteroatoms. The van der Waals surface area contributed by atoms with Crippen molar-refractivity contribution in [3.05, 3.63) is 40.7 Å². The second kappa shape index (κ2) is 11.7. The van der Waals surface area contributed by atoms with Crippen molar-refractivity contribution in [2.24, 2.45) is 0 Å². The van der Waals surface area contributed by atoms with Gasteiger partial charge in [-0.3, -0.25) is 19.8 Å². The summed E-state index contributed by atoms with van der Waals surface area (Å²) in [7, 11) is 1.56. The summed E-state index contributed by atoms with van der Waals surface area (Å²) < 4.78 is 21.9. The van der Waals surface area contributed by atoms with Crippen LogP contribution in [-0.4, -0.2) is 91.9 Å². The Kier molecular flexibility index (Phi) is 7.97. The average molecular weight is 537 g/mol. The van der Waals surface area contributed by atoms with Gasteiger partial charge in [0, 0.05) is 38.4 Å². The molecule has 0 bridgehead atoms. The molecule has 3 aliphatic rings. The van der Waals surface area contributed by atoms with Crippen molar-refractivity contribution in [2.75, 3.05) is 56.8 Å². The van der Waals surface area contributed by atoms with E-state index in [4.69, 9.17) is 18.9 Å². The summed E-state index contributed by atoms with van der Waals surface area (Å²) in [6.45, 7) is 2.21. The highest BCUT2D eigenvalue weighted by Gasteiger charge is 2.31. The van der Waals surface area contributed by atoms with Gasteiger partial charge < -0.3 is 23.8 Å². The number of nitrogens with one attached hydrogen (secondary N) is 1. The molecule has 0 aliphatic carbocycles. The fraction of sp³-hybridized carbons (Fsp3) is 0.462. The molecule has 0 saturated carbocycles. The molecule has 2 saturated heterocycles. The first-order valence-corrected chi connectivity index (χ1v) is 12.6. The predicted molar refractivity (Wildman–Crippen MR) is 136 cm³/mol. The van der Waals surface area contributed by atoms with Crippen LogP contribution in [0.15, 0.2) is 18.3 Å². The van der Waals surface area contributed by atoms with Crippen LogP contribution in [0.25, 0.3) is 0 Å². The fourth-order valence-corrected chi connectivity index (χ4v) is 4.78. The van der Waals surface area contributed by atoms with Crippen LogP contribution in [0.3, 0.4) is 0 Å². The Morgan fingerprint density at radius 2 is 2.13 bits per heavy atom. The summed E-state index contributed by atoms with van der Waals surface area (Å²) in [5.74, 6) is 0.678. The van der Waals surface area contributed by atoms with Crippen LogP contribution >= 0.6 is 0 Å². The number of ether oxygens (including phenoxy) is 4. The van der Waals surface area contributed by atoms with Crippen LogP contribution in [0, 0.1) is 11.3 Å². The molecule has 2 aromatic heterocycles. The van der Waals surface area contributed by atoms with Gasteiger partial charge in [-0.05, 0) is 24.5 Å². The molecule has 2 aromatic rings. The predicted octanol–water partition coefficient (Wildman–Crippen LogP) is 1.30. The highest BCUT2D eigenvalue weighted by molar-refractivity contribution is 6.01. The largest absolute Gasteiger partial charge is 0.484 e. The molecule has 2 fully saturated rings. The Morgan fingerprint density at radius 1 is 1.28 bits per heavy atom. The summed E-state index contributed by atoms with van der Waals surface area (Å²) in [6.07, 6.45) is 2.64. The van der Waals surface area contributed by atoms with E-state index in [1.165, 1.54) is 17.2 Å². The van der Waals surface area contributed by atoms with E-state index in [-0.39, 0.29) is 48.0 Å². The second-order valence-electron chi connectivity index (χ2n) is 9.33. The molecule has 3 aliphatic heterocycles. The van der Waals surface area contributed by atoms with E-state index in [1.807, 2.05) is 12.1 Å². The number of nitrogens with zero attached hydrogens (tertiary/aromatic N) is 5. The van der Waals surface area contributed by atoms with Gasteiger partial charge in [-0.25, -0.2) is 14.8 Å². The Balaban J connectivity index is 1.35. The summed E-state index contributed by atoms with van der Waals surface area (Å²) in [5.41, 5.74) is 1.82. The quantitative estimate of drug-likeness (QED) is 0.512. The number of carbonyl (C=O) groups is 3.